The molecule has 6 heteroatoms. The average Bonchev–Trinajstić information content (AvgIpc) is 2.87. The first-order valence-electron chi connectivity index (χ1n) is 6.65. The minimum atomic E-state index is -0.922. The first-order valence-corrected chi connectivity index (χ1v) is 7.45. The van der Waals surface area contributed by atoms with Crippen LogP contribution in [0.2, 0.25) is 0 Å². The summed E-state index contributed by atoms with van der Waals surface area (Å²) in [6.45, 7) is 3.05. The highest BCUT2D eigenvalue weighted by atomic mass is 79.9. The Morgan fingerprint density at radius 3 is 2.45 bits per heavy atom. The van der Waals surface area contributed by atoms with E-state index in [4.69, 9.17) is 14.6 Å². The Balaban J connectivity index is 1.72. The van der Waals surface area contributed by atoms with Crippen molar-refractivity contribution >= 4 is 27.6 Å². The van der Waals surface area contributed by atoms with E-state index < -0.39 is 5.97 Å². The Bertz CT molecular complexity index is 518. The lowest BCUT2D eigenvalue weighted by molar-refractivity contribution is -0.169. The lowest BCUT2D eigenvalue weighted by Crippen LogP contribution is -2.45. The number of hydrogen-bond donors (Lipinski definition) is 1. The van der Waals surface area contributed by atoms with Crippen LogP contribution in [0.1, 0.15) is 23.2 Å². The number of carboxylic acids is 1. The summed E-state index contributed by atoms with van der Waals surface area (Å²) in [5.41, 5.74) is 1.31. The van der Waals surface area contributed by atoms with Gasteiger partial charge in [-0.25, -0.2) is 4.79 Å². The number of carbonyl (C=O) groups is 1. The maximum absolute atomic E-state index is 11.0. The third-order valence-electron chi connectivity index (χ3n) is 3.89. The van der Waals surface area contributed by atoms with Gasteiger partial charge in [0.25, 0.3) is 0 Å². The van der Waals surface area contributed by atoms with Gasteiger partial charge in [-0.15, -0.1) is 0 Å². The third kappa shape index (κ3) is 2.55. The molecule has 2 aliphatic heterocycles. The van der Waals surface area contributed by atoms with Crippen LogP contribution in [0.5, 0.6) is 0 Å². The Morgan fingerprint density at radius 1 is 1.25 bits per heavy atom. The summed E-state index contributed by atoms with van der Waals surface area (Å²) < 4.78 is 12.0. The molecule has 2 heterocycles. The van der Waals surface area contributed by atoms with Crippen molar-refractivity contribution in [2.24, 2.45) is 0 Å². The zero-order valence-corrected chi connectivity index (χ0v) is 12.6. The fourth-order valence-electron chi connectivity index (χ4n) is 2.77. The number of benzene rings is 1. The SMILES string of the molecule is O=C(O)c1ccc(N2CCC3(CC2)OCCO3)cc1Br. The van der Waals surface area contributed by atoms with E-state index in [2.05, 4.69) is 20.8 Å². The zero-order valence-electron chi connectivity index (χ0n) is 11.0. The van der Waals surface area contributed by atoms with Crippen molar-refractivity contribution in [1.29, 1.82) is 0 Å². The van der Waals surface area contributed by atoms with E-state index in [9.17, 15) is 4.79 Å². The van der Waals surface area contributed by atoms with Crippen LogP contribution in [0.3, 0.4) is 0 Å². The molecular weight excluding hydrogens is 326 g/mol. The second-order valence-electron chi connectivity index (χ2n) is 5.06. The van der Waals surface area contributed by atoms with Gasteiger partial charge in [-0.2, -0.15) is 0 Å². The quantitative estimate of drug-likeness (QED) is 0.895. The van der Waals surface area contributed by atoms with E-state index in [1.54, 1.807) is 6.07 Å². The molecule has 1 aromatic carbocycles. The fourth-order valence-corrected chi connectivity index (χ4v) is 3.30. The standard InChI is InChI=1S/C14H16BrNO4/c15-12-9-10(1-2-11(12)13(17)18)16-5-3-14(4-6-16)19-7-8-20-14/h1-2,9H,3-8H2,(H,17,18). The first-order chi connectivity index (χ1) is 9.60. The van der Waals surface area contributed by atoms with Crippen molar-refractivity contribution in [3.8, 4) is 0 Å². The normalized spacial score (nSPS) is 21.4. The van der Waals surface area contributed by atoms with Gasteiger partial charge in [0.05, 0.1) is 18.8 Å². The minimum absolute atomic E-state index is 0.282. The summed E-state index contributed by atoms with van der Waals surface area (Å²) in [4.78, 5) is 13.2. The van der Waals surface area contributed by atoms with E-state index in [1.165, 1.54) is 0 Å². The topological polar surface area (TPSA) is 59.0 Å². The molecule has 1 aromatic rings. The van der Waals surface area contributed by atoms with Gasteiger partial charge in [0.2, 0.25) is 0 Å². The van der Waals surface area contributed by atoms with Gasteiger partial charge in [0.15, 0.2) is 5.79 Å². The maximum atomic E-state index is 11.0. The van der Waals surface area contributed by atoms with Crippen molar-refractivity contribution in [2.75, 3.05) is 31.2 Å². The van der Waals surface area contributed by atoms with Gasteiger partial charge in [0, 0.05) is 36.1 Å². The van der Waals surface area contributed by atoms with Crippen molar-refractivity contribution in [3.05, 3.63) is 28.2 Å². The number of anilines is 1. The molecule has 2 aliphatic rings. The fraction of sp³-hybridized carbons (Fsp3) is 0.500. The number of aromatic carboxylic acids is 1. The number of hydrogen-bond acceptors (Lipinski definition) is 4. The number of halogens is 1. The van der Waals surface area contributed by atoms with Crippen LogP contribution >= 0.6 is 15.9 Å². The number of rotatable bonds is 2. The zero-order chi connectivity index (χ0) is 14.2. The molecule has 0 saturated carbocycles. The Kier molecular flexibility index (Phi) is 3.70. The Hall–Kier alpha value is -1.11. The molecule has 0 radical (unpaired) electrons. The smallest absolute Gasteiger partial charge is 0.336 e. The van der Waals surface area contributed by atoms with Crippen LogP contribution in [0.25, 0.3) is 0 Å². The van der Waals surface area contributed by atoms with Gasteiger partial charge in [-0.05, 0) is 34.1 Å². The lowest BCUT2D eigenvalue weighted by Gasteiger charge is -2.38. The van der Waals surface area contributed by atoms with Crippen molar-refractivity contribution in [1.82, 2.24) is 0 Å². The summed E-state index contributed by atoms with van der Waals surface area (Å²) in [6.07, 6.45) is 1.68. The third-order valence-corrected chi connectivity index (χ3v) is 4.54. The van der Waals surface area contributed by atoms with Crippen molar-refractivity contribution in [2.45, 2.75) is 18.6 Å². The number of nitrogens with zero attached hydrogens (tertiary/aromatic N) is 1. The monoisotopic (exact) mass is 341 g/mol. The Labute approximate surface area is 125 Å². The van der Waals surface area contributed by atoms with E-state index in [0.717, 1.165) is 31.6 Å². The number of piperidine rings is 1. The molecule has 0 amide bonds. The lowest BCUT2D eigenvalue weighted by atomic mass is 10.0. The molecular formula is C14H16BrNO4. The van der Waals surface area contributed by atoms with Crippen LogP contribution in [-0.2, 0) is 9.47 Å². The number of carboxylic acid groups (broad SMARTS) is 1. The largest absolute Gasteiger partial charge is 0.478 e. The predicted octanol–water partition coefficient (Wildman–Crippen LogP) is 2.49. The first kappa shape index (κ1) is 13.9. The molecule has 0 aliphatic carbocycles. The van der Waals surface area contributed by atoms with Crippen LogP contribution in [0, 0.1) is 0 Å². The van der Waals surface area contributed by atoms with Gasteiger partial charge in [-0.3, -0.25) is 0 Å². The van der Waals surface area contributed by atoms with Crippen LogP contribution in [-0.4, -0.2) is 43.2 Å². The summed E-state index contributed by atoms with van der Waals surface area (Å²) in [7, 11) is 0. The summed E-state index contributed by atoms with van der Waals surface area (Å²) in [5.74, 6) is -1.30. The molecule has 1 N–H and O–H groups in total. The minimum Gasteiger partial charge on any atom is -0.478 e. The summed E-state index contributed by atoms with van der Waals surface area (Å²) >= 11 is 3.32. The average molecular weight is 342 g/mol. The Morgan fingerprint density at radius 2 is 1.90 bits per heavy atom. The highest BCUT2D eigenvalue weighted by Gasteiger charge is 2.39. The van der Waals surface area contributed by atoms with Crippen LogP contribution < -0.4 is 4.90 Å². The molecule has 0 aromatic heterocycles. The second-order valence-corrected chi connectivity index (χ2v) is 5.92. The van der Waals surface area contributed by atoms with Crippen LogP contribution in [0.4, 0.5) is 5.69 Å². The van der Waals surface area contributed by atoms with Crippen molar-refractivity contribution in [3.63, 3.8) is 0 Å². The molecule has 0 atom stereocenters. The molecule has 20 heavy (non-hydrogen) atoms. The second kappa shape index (κ2) is 5.35. The van der Waals surface area contributed by atoms with E-state index in [1.807, 2.05) is 12.1 Å². The van der Waals surface area contributed by atoms with E-state index in [-0.39, 0.29) is 11.4 Å². The number of ether oxygens (including phenoxy) is 2. The highest BCUT2D eigenvalue weighted by Crippen LogP contribution is 2.34. The van der Waals surface area contributed by atoms with Crippen LogP contribution in [0.15, 0.2) is 22.7 Å². The maximum Gasteiger partial charge on any atom is 0.336 e. The van der Waals surface area contributed by atoms with Gasteiger partial charge < -0.3 is 19.5 Å². The molecule has 1 spiro atoms. The molecule has 2 fully saturated rings. The molecule has 5 nitrogen and oxygen atoms in total. The molecule has 3 rings (SSSR count). The van der Waals surface area contributed by atoms with Crippen molar-refractivity contribution < 1.29 is 19.4 Å². The predicted molar refractivity (Wildman–Crippen MR) is 77.2 cm³/mol. The molecule has 0 unspecified atom stereocenters. The summed E-state index contributed by atoms with van der Waals surface area (Å²) in [5, 5.41) is 9.03. The van der Waals surface area contributed by atoms with Gasteiger partial charge >= 0.3 is 5.97 Å². The molecule has 108 valence electrons. The van der Waals surface area contributed by atoms with Gasteiger partial charge in [-0.1, -0.05) is 0 Å². The summed E-state index contributed by atoms with van der Waals surface area (Å²) in [6, 6.07) is 5.34. The molecule has 2 saturated heterocycles. The van der Waals surface area contributed by atoms with E-state index in [0.29, 0.717) is 17.7 Å². The molecule has 0 bridgehead atoms. The van der Waals surface area contributed by atoms with E-state index >= 15 is 0 Å². The van der Waals surface area contributed by atoms with Gasteiger partial charge in [0.1, 0.15) is 0 Å². The highest BCUT2D eigenvalue weighted by molar-refractivity contribution is 9.10.